The number of benzene rings is 2. The molecule has 0 aliphatic carbocycles. The van der Waals surface area contributed by atoms with Gasteiger partial charge >= 0.3 is 0 Å². The van der Waals surface area contributed by atoms with Gasteiger partial charge in [-0.15, -0.1) is 0 Å². The van der Waals surface area contributed by atoms with E-state index in [4.69, 9.17) is 0 Å². The lowest BCUT2D eigenvalue weighted by Gasteiger charge is -2.33. The number of halogens is 2. The lowest BCUT2D eigenvalue weighted by molar-refractivity contribution is 0.267. The molecule has 10 heteroatoms. The molecule has 1 unspecified atom stereocenters. The van der Waals surface area contributed by atoms with Crippen LogP contribution in [0.4, 0.5) is 20.2 Å². The van der Waals surface area contributed by atoms with Crippen LogP contribution in [-0.2, 0) is 22.6 Å². The second-order valence-electron chi connectivity index (χ2n) is 8.54. The summed E-state index contributed by atoms with van der Waals surface area (Å²) < 4.78 is 54.1. The molecule has 1 aliphatic heterocycles. The maximum Gasteiger partial charge on any atom is 0.274 e. The van der Waals surface area contributed by atoms with E-state index >= 15 is 4.39 Å². The van der Waals surface area contributed by atoms with Gasteiger partial charge in [-0.3, -0.25) is 4.79 Å². The fraction of sp³-hybridized carbons (Fsp3) is 0.208. The molecule has 2 N–H and O–H groups in total. The molecule has 2 aromatic heterocycles. The highest BCUT2D eigenvalue weighted by molar-refractivity contribution is 7.89. The van der Waals surface area contributed by atoms with Crippen LogP contribution in [0.3, 0.4) is 0 Å². The van der Waals surface area contributed by atoms with Gasteiger partial charge in [-0.2, -0.15) is 0 Å². The molecule has 1 aliphatic rings. The third-order valence-corrected chi connectivity index (χ3v) is 6.95. The molecule has 176 valence electrons. The van der Waals surface area contributed by atoms with Crippen molar-refractivity contribution in [1.82, 2.24) is 9.55 Å². The van der Waals surface area contributed by atoms with Gasteiger partial charge in [0.1, 0.15) is 17.2 Å². The summed E-state index contributed by atoms with van der Waals surface area (Å²) in [5.74, 6) is -1.77. The normalized spacial score (nSPS) is 15.4. The highest BCUT2D eigenvalue weighted by Crippen LogP contribution is 2.48. The Morgan fingerprint density at radius 2 is 1.82 bits per heavy atom. The minimum absolute atomic E-state index is 0.0337. The SMILES string of the molecule is Cn1cc2c3c(c[nH]c3c1=O)C(CO)N(c1ccc(F)cc1F)c1ccc(CS(C)(=O)=O)cc1-2. The smallest absolute Gasteiger partial charge is 0.274 e. The van der Waals surface area contributed by atoms with Crippen molar-refractivity contribution in [1.29, 1.82) is 0 Å². The number of aromatic nitrogens is 2. The number of nitrogens with one attached hydrogen (secondary N) is 1. The van der Waals surface area contributed by atoms with Crippen molar-refractivity contribution in [3.05, 3.63) is 81.9 Å². The number of pyridine rings is 1. The van der Waals surface area contributed by atoms with Crippen LogP contribution >= 0.6 is 0 Å². The predicted octanol–water partition coefficient (Wildman–Crippen LogP) is 3.54. The maximum absolute atomic E-state index is 15.0. The first-order valence-electron chi connectivity index (χ1n) is 10.5. The Hall–Kier alpha value is -3.50. The lowest BCUT2D eigenvalue weighted by atomic mass is 9.99. The molecular formula is C24H21F2N3O4S. The van der Waals surface area contributed by atoms with Gasteiger partial charge in [-0.1, -0.05) is 6.07 Å². The van der Waals surface area contributed by atoms with Gasteiger partial charge in [-0.05, 0) is 29.8 Å². The third-order valence-electron chi connectivity index (χ3n) is 6.09. The number of nitrogens with zero attached hydrogens (tertiary/aromatic N) is 2. The number of aryl methyl sites for hydroxylation is 1. The Labute approximate surface area is 193 Å². The van der Waals surface area contributed by atoms with Crippen LogP contribution in [-0.4, -0.2) is 35.9 Å². The van der Waals surface area contributed by atoms with E-state index in [0.717, 1.165) is 18.4 Å². The monoisotopic (exact) mass is 485 g/mol. The van der Waals surface area contributed by atoms with E-state index in [1.54, 1.807) is 42.5 Å². The van der Waals surface area contributed by atoms with Gasteiger partial charge in [0, 0.05) is 59.5 Å². The molecule has 7 nitrogen and oxygen atoms in total. The first kappa shape index (κ1) is 22.3. The summed E-state index contributed by atoms with van der Waals surface area (Å²) in [6, 6.07) is 7.37. The summed E-state index contributed by atoms with van der Waals surface area (Å²) in [7, 11) is -1.74. The Morgan fingerprint density at radius 3 is 2.50 bits per heavy atom. The zero-order valence-corrected chi connectivity index (χ0v) is 19.2. The summed E-state index contributed by atoms with van der Waals surface area (Å²) in [5, 5.41) is 11.0. The topological polar surface area (TPSA) is 95.4 Å². The third kappa shape index (κ3) is 3.50. The number of aliphatic hydroxyl groups excluding tert-OH is 1. The minimum atomic E-state index is -3.34. The van der Waals surface area contributed by atoms with Crippen LogP contribution in [0.1, 0.15) is 17.2 Å². The molecule has 3 heterocycles. The van der Waals surface area contributed by atoms with E-state index in [1.165, 1.54) is 10.6 Å². The quantitative estimate of drug-likeness (QED) is 0.461. The Morgan fingerprint density at radius 1 is 1.09 bits per heavy atom. The average molecular weight is 486 g/mol. The van der Waals surface area contributed by atoms with Crippen molar-refractivity contribution in [2.24, 2.45) is 7.05 Å². The minimum Gasteiger partial charge on any atom is -0.394 e. The number of hydrogen-bond acceptors (Lipinski definition) is 5. The zero-order valence-electron chi connectivity index (χ0n) is 18.3. The first-order valence-corrected chi connectivity index (χ1v) is 12.5. The number of aromatic amines is 1. The molecule has 0 bridgehead atoms. The predicted molar refractivity (Wildman–Crippen MR) is 126 cm³/mol. The molecule has 2 aromatic carbocycles. The molecule has 1 atom stereocenters. The van der Waals surface area contributed by atoms with Gasteiger partial charge in [0.25, 0.3) is 5.56 Å². The highest BCUT2D eigenvalue weighted by atomic mass is 32.2. The number of rotatable bonds is 4. The van der Waals surface area contributed by atoms with Crippen molar-refractivity contribution < 1.29 is 22.3 Å². The van der Waals surface area contributed by atoms with Crippen LogP contribution < -0.4 is 10.5 Å². The second kappa shape index (κ2) is 7.78. The second-order valence-corrected chi connectivity index (χ2v) is 10.7. The Bertz CT molecular complexity index is 1630. The molecule has 5 rings (SSSR count). The maximum atomic E-state index is 15.0. The van der Waals surface area contributed by atoms with Gasteiger partial charge < -0.3 is 19.6 Å². The summed E-state index contributed by atoms with van der Waals surface area (Å²) >= 11 is 0. The first-order chi connectivity index (χ1) is 16.1. The van der Waals surface area contributed by atoms with Crippen molar-refractivity contribution >= 4 is 32.1 Å². The molecule has 0 saturated heterocycles. The van der Waals surface area contributed by atoms with Crippen molar-refractivity contribution in [3.63, 3.8) is 0 Å². The number of aliphatic hydroxyl groups is 1. The van der Waals surface area contributed by atoms with Crippen LogP contribution in [0, 0.1) is 11.6 Å². The zero-order chi connectivity index (χ0) is 24.4. The summed E-state index contributed by atoms with van der Waals surface area (Å²) in [5.41, 5.74) is 2.82. The molecule has 4 aromatic rings. The fourth-order valence-corrected chi connectivity index (χ4v) is 5.51. The number of H-pyrrole nitrogens is 1. The molecule has 0 radical (unpaired) electrons. The van der Waals surface area contributed by atoms with E-state index in [-0.39, 0.29) is 17.0 Å². The van der Waals surface area contributed by atoms with E-state index in [0.29, 0.717) is 38.8 Å². The van der Waals surface area contributed by atoms with E-state index < -0.39 is 34.1 Å². The number of anilines is 2. The standard InChI is InChI=1S/C24H21F2N3O4S/c1-28-10-17-15-7-13(12-34(2,32)33)3-5-19(15)29(20-6-4-14(25)8-18(20)26)21(11-30)16-9-27-23(22(16)17)24(28)31/h3-10,21,27,30H,11-12H2,1-2H3. The molecule has 0 spiro atoms. The van der Waals surface area contributed by atoms with E-state index in [2.05, 4.69) is 4.98 Å². The van der Waals surface area contributed by atoms with Crippen molar-refractivity contribution in [2.75, 3.05) is 17.8 Å². The van der Waals surface area contributed by atoms with Gasteiger partial charge in [0.2, 0.25) is 0 Å². The number of fused-ring (bicyclic) bond motifs is 2. The summed E-state index contributed by atoms with van der Waals surface area (Å²) in [6.07, 6.45) is 4.38. The largest absolute Gasteiger partial charge is 0.394 e. The van der Waals surface area contributed by atoms with Gasteiger partial charge in [0.15, 0.2) is 9.84 Å². The Balaban J connectivity index is 1.90. The van der Waals surface area contributed by atoms with E-state index in [9.17, 15) is 22.7 Å². The molecule has 0 amide bonds. The summed E-state index contributed by atoms with van der Waals surface area (Å²) in [4.78, 5) is 17.4. The van der Waals surface area contributed by atoms with Crippen LogP contribution in [0.15, 0.2) is 53.6 Å². The van der Waals surface area contributed by atoms with Crippen LogP contribution in [0.5, 0.6) is 0 Å². The number of sulfone groups is 1. The lowest BCUT2D eigenvalue weighted by Crippen LogP contribution is -2.27. The van der Waals surface area contributed by atoms with Gasteiger partial charge in [0.05, 0.1) is 24.1 Å². The average Bonchev–Trinajstić information content (AvgIpc) is 3.15. The van der Waals surface area contributed by atoms with Crippen LogP contribution in [0.25, 0.3) is 22.0 Å². The molecular weight excluding hydrogens is 464 g/mol. The molecule has 0 fully saturated rings. The Kier molecular flexibility index (Phi) is 5.10. The van der Waals surface area contributed by atoms with Crippen LogP contribution in [0.2, 0.25) is 0 Å². The molecule has 34 heavy (non-hydrogen) atoms. The summed E-state index contributed by atoms with van der Waals surface area (Å²) in [6.45, 7) is -0.428. The highest BCUT2D eigenvalue weighted by Gasteiger charge is 2.34. The number of hydrogen-bond donors (Lipinski definition) is 2. The fourth-order valence-electron chi connectivity index (χ4n) is 4.72. The molecule has 0 saturated carbocycles. The van der Waals surface area contributed by atoms with E-state index in [1.807, 2.05) is 0 Å². The van der Waals surface area contributed by atoms with Gasteiger partial charge in [-0.25, -0.2) is 17.2 Å². The van der Waals surface area contributed by atoms with Crippen molar-refractivity contribution in [3.8, 4) is 11.1 Å². The van der Waals surface area contributed by atoms with Crippen molar-refractivity contribution in [2.45, 2.75) is 11.8 Å².